The molecule has 0 aliphatic carbocycles. The third-order valence-electron chi connectivity index (χ3n) is 4.65. The second kappa shape index (κ2) is 4.80. The highest BCUT2D eigenvalue weighted by molar-refractivity contribution is 5.66. The summed E-state index contributed by atoms with van der Waals surface area (Å²) < 4.78 is 5.56. The fourth-order valence-corrected chi connectivity index (χ4v) is 3.82. The number of benzene rings is 1. The van der Waals surface area contributed by atoms with Crippen LogP contribution in [0.1, 0.15) is 23.1 Å². The maximum Gasteiger partial charge on any atom is 0.0623 e. The molecule has 1 unspecified atom stereocenters. The molecular formula is C16H22N2O. The van der Waals surface area contributed by atoms with Crippen molar-refractivity contribution in [2.24, 2.45) is 0 Å². The zero-order valence-electron chi connectivity index (χ0n) is 11.5. The average Bonchev–Trinajstić information content (AvgIpc) is 2.85. The Morgan fingerprint density at radius 2 is 2.11 bits per heavy atom. The van der Waals surface area contributed by atoms with Crippen molar-refractivity contribution in [1.29, 1.82) is 0 Å². The van der Waals surface area contributed by atoms with Crippen LogP contribution in [0.4, 0.5) is 5.69 Å². The molecular weight excluding hydrogens is 236 g/mol. The lowest BCUT2D eigenvalue weighted by Gasteiger charge is -2.28. The van der Waals surface area contributed by atoms with Crippen molar-refractivity contribution >= 4 is 5.69 Å². The van der Waals surface area contributed by atoms with Gasteiger partial charge in [0.15, 0.2) is 0 Å². The van der Waals surface area contributed by atoms with Crippen molar-refractivity contribution in [2.45, 2.75) is 31.7 Å². The van der Waals surface area contributed by atoms with Crippen LogP contribution in [0.2, 0.25) is 0 Å². The lowest BCUT2D eigenvalue weighted by molar-refractivity contribution is 0.0770. The molecule has 4 rings (SSSR count). The Kier molecular flexibility index (Phi) is 2.97. The predicted molar refractivity (Wildman–Crippen MR) is 77.0 cm³/mol. The molecule has 102 valence electrons. The molecule has 3 aliphatic heterocycles. The van der Waals surface area contributed by atoms with E-state index in [9.17, 15) is 0 Å². The summed E-state index contributed by atoms with van der Waals surface area (Å²) in [6, 6.07) is 5.40. The molecule has 0 amide bonds. The van der Waals surface area contributed by atoms with Crippen LogP contribution in [0.5, 0.6) is 0 Å². The summed E-state index contributed by atoms with van der Waals surface area (Å²) in [6.45, 7) is 5.21. The molecule has 3 heterocycles. The summed E-state index contributed by atoms with van der Waals surface area (Å²) >= 11 is 0. The lowest BCUT2D eigenvalue weighted by Crippen LogP contribution is -2.42. The van der Waals surface area contributed by atoms with E-state index in [1.807, 2.05) is 0 Å². The van der Waals surface area contributed by atoms with Crippen LogP contribution in [0.25, 0.3) is 0 Å². The minimum atomic E-state index is 0.500. The van der Waals surface area contributed by atoms with E-state index in [2.05, 4.69) is 22.3 Å². The van der Waals surface area contributed by atoms with Crippen molar-refractivity contribution < 1.29 is 4.74 Å². The Morgan fingerprint density at radius 3 is 2.95 bits per heavy atom. The van der Waals surface area contributed by atoms with E-state index < -0.39 is 0 Å². The molecule has 1 N–H and O–H groups in total. The smallest absolute Gasteiger partial charge is 0.0623 e. The monoisotopic (exact) mass is 258 g/mol. The van der Waals surface area contributed by atoms with Crippen LogP contribution in [0.3, 0.4) is 0 Å². The van der Waals surface area contributed by atoms with Crippen LogP contribution < -0.4 is 10.2 Å². The Labute approximate surface area is 114 Å². The molecule has 0 bridgehead atoms. The zero-order chi connectivity index (χ0) is 12.7. The van der Waals surface area contributed by atoms with E-state index in [1.165, 1.54) is 37.9 Å². The second-order valence-corrected chi connectivity index (χ2v) is 6.03. The number of anilines is 1. The minimum Gasteiger partial charge on any atom is -0.379 e. The fraction of sp³-hybridized carbons (Fsp3) is 0.625. The molecule has 1 atom stereocenters. The largest absolute Gasteiger partial charge is 0.379 e. The Morgan fingerprint density at radius 1 is 1.21 bits per heavy atom. The highest BCUT2D eigenvalue weighted by atomic mass is 16.5. The quantitative estimate of drug-likeness (QED) is 0.870. The van der Waals surface area contributed by atoms with Gasteiger partial charge in [-0.15, -0.1) is 0 Å². The van der Waals surface area contributed by atoms with E-state index in [0.29, 0.717) is 6.04 Å². The van der Waals surface area contributed by atoms with Gasteiger partial charge in [-0.2, -0.15) is 0 Å². The Bertz CT molecular complexity index is 480. The van der Waals surface area contributed by atoms with Gasteiger partial charge < -0.3 is 15.0 Å². The maximum atomic E-state index is 5.56. The summed E-state index contributed by atoms with van der Waals surface area (Å²) in [6.07, 6.45) is 4.94. The van der Waals surface area contributed by atoms with Gasteiger partial charge in [0, 0.05) is 31.4 Å². The molecule has 0 radical (unpaired) electrons. The van der Waals surface area contributed by atoms with Gasteiger partial charge in [-0.3, -0.25) is 0 Å². The van der Waals surface area contributed by atoms with Gasteiger partial charge in [0.25, 0.3) is 0 Å². The number of nitrogens with one attached hydrogen (secondary N) is 1. The predicted octanol–water partition coefficient (Wildman–Crippen LogP) is 1.53. The van der Waals surface area contributed by atoms with Gasteiger partial charge in [0.05, 0.1) is 13.2 Å². The summed E-state index contributed by atoms with van der Waals surface area (Å²) in [5.41, 5.74) is 6.25. The molecule has 1 saturated heterocycles. The van der Waals surface area contributed by atoms with E-state index in [1.54, 1.807) is 16.8 Å². The van der Waals surface area contributed by atoms with E-state index in [0.717, 1.165) is 26.2 Å². The third kappa shape index (κ3) is 2.15. The van der Waals surface area contributed by atoms with Gasteiger partial charge >= 0.3 is 0 Å². The minimum absolute atomic E-state index is 0.500. The second-order valence-electron chi connectivity index (χ2n) is 6.03. The summed E-state index contributed by atoms with van der Waals surface area (Å²) in [4.78, 5) is 2.58. The van der Waals surface area contributed by atoms with E-state index >= 15 is 0 Å². The number of ether oxygens (including phenoxy) is 1. The Balaban J connectivity index is 1.60. The average molecular weight is 258 g/mol. The number of nitrogens with zero attached hydrogens (tertiary/aromatic N) is 1. The van der Waals surface area contributed by atoms with Gasteiger partial charge in [-0.25, -0.2) is 0 Å². The van der Waals surface area contributed by atoms with Crippen LogP contribution >= 0.6 is 0 Å². The molecule has 1 aromatic rings. The highest BCUT2D eigenvalue weighted by Crippen LogP contribution is 2.37. The SMILES string of the molecule is c1c(CC2COCCN2)cc2c3c1CCCN3CC2. The Hall–Kier alpha value is -1.06. The van der Waals surface area contributed by atoms with Crippen LogP contribution in [-0.4, -0.2) is 38.9 Å². The van der Waals surface area contributed by atoms with Gasteiger partial charge in [-0.1, -0.05) is 12.1 Å². The molecule has 0 saturated carbocycles. The normalized spacial score (nSPS) is 25.5. The number of morpholine rings is 1. The van der Waals surface area contributed by atoms with Gasteiger partial charge in [0.2, 0.25) is 0 Å². The summed E-state index contributed by atoms with van der Waals surface area (Å²) in [7, 11) is 0. The number of rotatable bonds is 2. The first-order chi connectivity index (χ1) is 9.40. The molecule has 3 aliphatic rings. The van der Waals surface area contributed by atoms with Gasteiger partial charge in [0.1, 0.15) is 0 Å². The molecule has 19 heavy (non-hydrogen) atoms. The first-order valence-corrected chi connectivity index (χ1v) is 7.61. The number of hydrogen-bond acceptors (Lipinski definition) is 3. The number of hydrogen-bond donors (Lipinski definition) is 1. The van der Waals surface area contributed by atoms with Crippen molar-refractivity contribution in [3.05, 3.63) is 28.8 Å². The molecule has 3 heteroatoms. The molecule has 0 aromatic heterocycles. The van der Waals surface area contributed by atoms with E-state index in [-0.39, 0.29) is 0 Å². The molecule has 1 fully saturated rings. The van der Waals surface area contributed by atoms with Crippen molar-refractivity contribution in [3.8, 4) is 0 Å². The topological polar surface area (TPSA) is 24.5 Å². The van der Waals surface area contributed by atoms with Crippen molar-refractivity contribution in [1.82, 2.24) is 5.32 Å². The van der Waals surface area contributed by atoms with Crippen molar-refractivity contribution in [2.75, 3.05) is 37.7 Å². The number of aryl methyl sites for hydroxylation is 1. The highest BCUT2D eigenvalue weighted by Gasteiger charge is 2.26. The van der Waals surface area contributed by atoms with Crippen LogP contribution in [0, 0.1) is 0 Å². The van der Waals surface area contributed by atoms with Crippen LogP contribution in [-0.2, 0) is 24.0 Å². The fourth-order valence-electron chi connectivity index (χ4n) is 3.82. The van der Waals surface area contributed by atoms with Gasteiger partial charge in [-0.05, 0) is 42.4 Å². The molecule has 3 nitrogen and oxygen atoms in total. The summed E-state index contributed by atoms with van der Waals surface area (Å²) in [5.74, 6) is 0. The van der Waals surface area contributed by atoms with Crippen LogP contribution in [0.15, 0.2) is 12.1 Å². The molecule has 0 spiro atoms. The standard InChI is InChI=1S/C16H22N2O/c1-2-13-8-12(10-15-11-19-7-4-17-15)9-14-3-6-18(5-1)16(13)14/h8-9,15,17H,1-7,10-11H2. The maximum absolute atomic E-state index is 5.56. The third-order valence-corrected chi connectivity index (χ3v) is 4.65. The molecule has 1 aromatic carbocycles. The van der Waals surface area contributed by atoms with E-state index in [4.69, 9.17) is 4.74 Å². The zero-order valence-corrected chi connectivity index (χ0v) is 11.5. The first-order valence-electron chi connectivity index (χ1n) is 7.61. The summed E-state index contributed by atoms with van der Waals surface area (Å²) in [5, 5.41) is 3.56. The van der Waals surface area contributed by atoms with Crippen molar-refractivity contribution in [3.63, 3.8) is 0 Å². The first kappa shape index (κ1) is 11.7. The lowest BCUT2D eigenvalue weighted by atomic mass is 9.94.